The van der Waals surface area contributed by atoms with E-state index in [1.165, 1.54) is 12.1 Å². The summed E-state index contributed by atoms with van der Waals surface area (Å²) in [6.07, 6.45) is 5.36. The SMILES string of the molecule is Cc1cnc(CC2CCCN(C(=O)Cc3ccccc3)C2)n1Cc1ccc(F)cc1. The van der Waals surface area contributed by atoms with Gasteiger partial charge in [0, 0.05) is 37.9 Å². The van der Waals surface area contributed by atoms with Crippen molar-refractivity contribution in [3.63, 3.8) is 0 Å². The Bertz CT molecular complexity index is 981. The summed E-state index contributed by atoms with van der Waals surface area (Å²) in [4.78, 5) is 19.4. The van der Waals surface area contributed by atoms with Gasteiger partial charge in [0.25, 0.3) is 0 Å². The van der Waals surface area contributed by atoms with E-state index in [1.54, 1.807) is 0 Å². The highest BCUT2D eigenvalue weighted by Crippen LogP contribution is 2.22. The number of likely N-dealkylation sites (tertiary alicyclic amines) is 1. The number of nitrogens with zero attached hydrogens (tertiary/aromatic N) is 3. The summed E-state index contributed by atoms with van der Waals surface area (Å²) in [5, 5.41) is 0. The summed E-state index contributed by atoms with van der Waals surface area (Å²) in [5.74, 6) is 1.44. The number of carbonyl (C=O) groups is 1. The lowest BCUT2D eigenvalue weighted by atomic mass is 9.94. The van der Waals surface area contributed by atoms with Crippen LogP contribution >= 0.6 is 0 Å². The molecule has 1 atom stereocenters. The number of amides is 1. The van der Waals surface area contributed by atoms with Gasteiger partial charge >= 0.3 is 0 Å². The van der Waals surface area contributed by atoms with Crippen molar-refractivity contribution in [2.75, 3.05) is 13.1 Å². The molecule has 1 aliphatic rings. The van der Waals surface area contributed by atoms with Gasteiger partial charge in [-0.15, -0.1) is 0 Å². The highest BCUT2D eigenvalue weighted by atomic mass is 19.1. The van der Waals surface area contributed by atoms with E-state index in [0.717, 1.165) is 55.0 Å². The number of rotatable bonds is 6. The molecule has 1 aromatic heterocycles. The molecule has 0 aliphatic carbocycles. The third-order valence-electron chi connectivity index (χ3n) is 5.93. The number of carbonyl (C=O) groups excluding carboxylic acids is 1. The number of piperidine rings is 1. The Morgan fingerprint density at radius 3 is 2.63 bits per heavy atom. The van der Waals surface area contributed by atoms with Crippen molar-refractivity contribution in [1.82, 2.24) is 14.5 Å². The molecule has 0 saturated carbocycles. The highest BCUT2D eigenvalue weighted by Gasteiger charge is 2.25. The van der Waals surface area contributed by atoms with Crippen LogP contribution in [-0.2, 0) is 24.2 Å². The summed E-state index contributed by atoms with van der Waals surface area (Å²) in [6.45, 7) is 4.36. The molecule has 0 spiro atoms. The molecule has 5 heteroatoms. The van der Waals surface area contributed by atoms with Crippen LogP contribution in [0, 0.1) is 18.7 Å². The number of aryl methyl sites for hydroxylation is 1. The maximum Gasteiger partial charge on any atom is 0.226 e. The molecule has 4 nitrogen and oxygen atoms in total. The van der Waals surface area contributed by atoms with Crippen LogP contribution in [0.2, 0.25) is 0 Å². The van der Waals surface area contributed by atoms with E-state index in [2.05, 4.69) is 16.5 Å². The van der Waals surface area contributed by atoms with Crippen molar-refractivity contribution in [1.29, 1.82) is 0 Å². The van der Waals surface area contributed by atoms with Crippen LogP contribution in [-0.4, -0.2) is 33.4 Å². The molecule has 0 bridgehead atoms. The van der Waals surface area contributed by atoms with Gasteiger partial charge in [0.2, 0.25) is 5.91 Å². The topological polar surface area (TPSA) is 38.1 Å². The molecule has 1 aliphatic heterocycles. The number of hydrogen-bond acceptors (Lipinski definition) is 2. The highest BCUT2D eigenvalue weighted by molar-refractivity contribution is 5.78. The smallest absolute Gasteiger partial charge is 0.226 e. The number of benzene rings is 2. The van der Waals surface area contributed by atoms with E-state index in [-0.39, 0.29) is 11.7 Å². The van der Waals surface area contributed by atoms with Crippen LogP contribution in [0.3, 0.4) is 0 Å². The molecule has 0 N–H and O–H groups in total. The molecule has 1 saturated heterocycles. The van der Waals surface area contributed by atoms with Crippen LogP contribution in [0.1, 0.15) is 35.5 Å². The first-order valence-electron chi connectivity index (χ1n) is 10.7. The lowest BCUT2D eigenvalue weighted by Crippen LogP contribution is -2.41. The van der Waals surface area contributed by atoms with Crippen molar-refractivity contribution >= 4 is 5.91 Å². The van der Waals surface area contributed by atoms with Crippen molar-refractivity contribution < 1.29 is 9.18 Å². The minimum Gasteiger partial charge on any atom is -0.342 e. The van der Waals surface area contributed by atoms with E-state index < -0.39 is 0 Å². The van der Waals surface area contributed by atoms with E-state index in [9.17, 15) is 9.18 Å². The van der Waals surface area contributed by atoms with E-state index >= 15 is 0 Å². The molecular weight excluding hydrogens is 377 g/mol. The van der Waals surface area contributed by atoms with Crippen molar-refractivity contribution in [2.45, 2.75) is 39.2 Å². The van der Waals surface area contributed by atoms with Crippen LogP contribution < -0.4 is 0 Å². The van der Waals surface area contributed by atoms with E-state index in [0.29, 0.717) is 18.9 Å². The minimum atomic E-state index is -0.219. The molecule has 3 aromatic rings. The maximum absolute atomic E-state index is 13.2. The fourth-order valence-electron chi connectivity index (χ4n) is 4.26. The number of halogens is 1. The third-order valence-corrected chi connectivity index (χ3v) is 5.93. The zero-order chi connectivity index (χ0) is 20.9. The van der Waals surface area contributed by atoms with Crippen LogP contribution in [0.25, 0.3) is 0 Å². The standard InChI is InChI=1S/C25H28FN3O/c1-19-16-27-24(29(19)18-21-9-11-23(26)12-10-21)14-22-8-5-13-28(17-22)25(30)15-20-6-3-2-4-7-20/h2-4,6-7,9-12,16,22H,5,8,13-15,17-18H2,1H3. The quantitative estimate of drug-likeness (QED) is 0.610. The fraction of sp³-hybridized carbons (Fsp3) is 0.360. The van der Waals surface area contributed by atoms with Crippen molar-refractivity contribution in [2.24, 2.45) is 5.92 Å². The molecule has 2 heterocycles. The first-order chi connectivity index (χ1) is 14.6. The minimum absolute atomic E-state index is 0.205. The molecular formula is C25H28FN3O. The predicted octanol–water partition coefficient (Wildman–Crippen LogP) is 4.40. The largest absolute Gasteiger partial charge is 0.342 e. The number of hydrogen-bond donors (Lipinski definition) is 0. The third kappa shape index (κ3) is 4.96. The number of aromatic nitrogens is 2. The first kappa shape index (κ1) is 20.3. The molecule has 4 rings (SSSR count). The van der Waals surface area contributed by atoms with Gasteiger partial charge < -0.3 is 9.47 Å². The van der Waals surface area contributed by atoms with E-state index in [4.69, 9.17) is 0 Å². The summed E-state index contributed by atoms with van der Waals surface area (Å²) >= 11 is 0. The molecule has 156 valence electrons. The van der Waals surface area contributed by atoms with Gasteiger partial charge in [-0.1, -0.05) is 42.5 Å². The van der Waals surface area contributed by atoms with Gasteiger partial charge in [0.15, 0.2) is 0 Å². The van der Waals surface area contributed by atoms with Gasteiger partial charge in [-0.25, -0.2) is 9.37 Å². The Balaban J connectivity index is 1.40. The summed E-state index contributed by atoms with van der Waals surface area (Å²) in [5.41, 5.74) is 3.22. The van der Waals surface area contributed by atoms with Crippen molar-refractivity contribution in [3.05, 3.63) is 89.3 Å². The fourth-order valence-corrected chi connectivity index (χ4v) is 4.26. The Kier molecular flexibility index (Phi) is 6.26. The molecule has 2 aromatic carbocycles. The second-order valence-electron chi connectivity index (χ2n) is 8.24. The Morgan fingerprint density at radius 1 is 1.10 bits per heavy atom. The maximum atomic E-state index is 13.2. The molecule has 1 amide bonds. The molecule has 30 heavy (non-hydrogen) atoms. The summed E-state index contributed by atoms with van der Waals surface area (Å²) < 4.78 is 15.4. The lowest BCUT2D eigenvalue weighted by Gasteiger charge is -2.33. The Hall–Kier alpha value is -2.95. The Morgan fingerprint density at radius 2 is 1.87 bits per heavy atom. The zero-order valence-corrected chi connectivity index (χ0v) is 17.4. The summed E-state index contributed by atoms with van der Waals surface area (Å²) in [7, 11) is 0. The second kappa shape index (κ2) is 9.24. The molecule has 0 radical (unpaired) electrons. The zero-order valence-electron chi connectivity index (χ0n) is 17.4. The number of imidazole rings is 1. The summed E-state index contributed by atoms with van der Waals surface area (Å²) in [6, 6.07) is 16.6. The van der Waals surface area contributed by atoms with Crippen molar-refractivity contribution in [3.8, 4) is 0 Å². The van der Waals surface area contributed by atoms with E-state index in [1.807, 2.05) is 53.6 Å². The normalized spacial score (nSPS) is 16.6. The molecule has 1 unspecified atom stereocenters. The van der Waals surface area contributed by atoms with Crippen LogP contribution in [0.5, 0.6) is 0 Å². The first-order valence-corrected chi connectivity index (χ1v) is 10.7. The second-order valence-corrected chi connectivity index (χ2v) is 8.24. The van der Waals surface area contributed by atoms with Crippen LogP contribution in [0.4, 0.5) is 4.39 Å². The average Bonchev–Trinajstić information content (AvgIpc) is 3.10. The van der Waals surface area contributed by atoms with Gasteiger partial charge in [0.1, 0.15) is 11.6 Å². The lowest BCUT2D eigenvalue weighted by molar-refractivity contribution is -0.132. The predicted molar refractivity (Wildman–Crippen MR) is 116 cm³/mol. The molecule has 1 fully saturated rings. The Labute approximate surface area is 177 Å². The average molecular weight is 406 g/mol. The van der Waals surface area contributed by atoms with Gasteiger partial charge in [-0.05, 0) is 48.9 Å². The van der Waals surface area contributed by atoms with Gasteiger partial charge in [0.05, 0.1) is 6.42 Å². The van der Waals surface area contributed by atoms with Gasteiger partial charge in [-0.3, -0.25) is 4.79 Å². The van der Waals surface area contributed by atoms with Crippen LogP contribution in [0.15, 0.2) is 60.8 Å². The van der Waals surface area contributed by atoms with Gasteiger partial charge in [-0.2, -0.15) is 0 Å². The monoisotopic (exact) mass is 405 g/mol.